The molecule has 0 unspecified atom stereocenters. The second-order valence-electron chi connectivity index (χ2n) is 6.14. The molecule has 2 aromatic heterocycles. The second kappa shape index (κ2) is 4.45. The quantitative estimate of drug-likeness (QED) is 0.381. The smallest absolute Gasteiger partial charge is 0.259 e. The van der Waals surface area contributed by atoms with Crippen molar-refractivity contribution in [1.82, 2.24) is 5.32 Å². The Morgan fingerprint density at radius 2 is 1.08 bits per heavy atom. The van der Waals surface area contributed by atoms with E-state index < -0.39 is 0 Å². The summed E-state index contributed by atoms with van der Waals surface area (Å²) in [5.41, 5.74) is 1.07. The van der Waals surface area contributed by atoms with Gasteiger partial charge in [0.25, 0.3) is 11.8 Å². The summed E-state index contributed by atoms with van der Waals surface area (Å²) in [4.78, 5) is 25.2. The van der Waals surface area contributed by atoms with E-state index in [9.17, 15) is 9.59 Å². The van der Waals surface area contributed by atoms with Crippen molar-refractivity contribution >= 4 is 74.8 Å². The Hall–Kier alpha value is -2.76. The molecule has 0 atom stereocenters. The van der Waals surface area contributed by atoms with E-state index in [1.54, 1.807) is 22.7 Å². The molecule has 3 nitrogen and oxygen atoms in total. The SMILES string of the molecule is O=C1NC(=O)c2c1c1c3ccccc3sc1c1sc3ccccc3c21. The van der Waals surface area contributed by atoms with Crippen LogP contribution in [-0.2, 0) is 0 Å². The van der Waals surface area contributed by atoms with Crippen molar-refractivity contribution in [2.24, 2.45) is 0 Å². The van der Waals surface area contributed by atoms with Crippen molar-refractivity contribution in [2.75, 3.05) is 0 Å². The minimum Gasteiger partial charge on any atom is -0.288 e. The van der Waals surface area contributed by atoms with Crippen LogP contribution in [0.15, 0.2) is 48.5 Å². The maximum absolute atomic E-state index is 12.6. The molecule has 0 fully saturated rings. The van der Waals surface area contributed by atoms with Gasteiger partial charge in [0.05, 0.1) is 20.5 Å². The van der Waals surface area contributed by atoms with Gasteiger partial charge in [0.15, 0.2) is 0 Å². The molecule has 1 aliphatic rings. The van der Waals surface area contributed by atoms with Gasteiger partial charge in [-0.05, 0) is 12.1 Å². The molecule has 1 N–H and O–H groups in total. The third kappa shape index (κ3) is 1.55. The van der Waals surface area contributed by atoms with E-state index in [0.717, 1.165) is 40.3 Å². The normalized spacial score (nSPS) is 14.1. The van der Waals surface area contributed by atoms with E-state index in [4.69, 9.17) is 0 Å². The highest BCUT2D eigenvalue weighted by atomic mass is 32.1. The van der Waals surface area contributed by atoms with Gasteiger partial charge in [-0.3, -0.25) is 14.9 Å². The molecule has 0 radical (unpaired) electrons. The molecule has 3 heterocycles. The average Bonchev–Trinajstić information content (AvgIpc) is 3.26. The van der Waals surface area contributed by atoms with E-state index in [-0.39, 0.29) is 11.8 Å². The first-order valence-electron chi connectivity index (χ1n) is 7.88. The van der Waals surface area contributed by atoms with Crippen molar-refractivity contribution in [2.45, 2.75) is 0 Å². The van der Waals surface area contributed by atoms with Gasteiger partial charge >= 0.3 is 0 Å². The fourth-order valence-corrected chi connectivity index (χ4v) is 6.40. The topological polar surface area (TPSA) is 46.2 Å². The lowest BCUT2D eigenvalue weighted by atomic mass is 9.97. The van der Waals surface area contributed by atoms with Gasteiger partial charge in [-0.1, -0.05) is 36.4 Å². The maximum atomic E-state index is 12.6. The summed E-state index contributed by atoms with van der Waals surface area (Å²) < 4.78 is 4.47. The monoisotopic (exact) mass is 359 g/mol. The van der Waals surface area contributed by atoms with Gasteiger partial charge in [0, 0.05) is 30.9 Å². The zero-order valence-corrected chi connectivity index (χ0v) is 14.4. The van der Waals surface area contributed by atoms with E-state index in [1.807, 2.05) is 36.4 Å². The first-order chi connectivity index (χ1) is 12.2. The number of hydrogen-bond donors (Lipinski definition) is 1. The van der Waals surface area contributed by atoms with Crippen molar-refractivity contribution in [3.05, 3.63) is 59.7 Å². The third-order valence-electron chi connectivity index (χ3n) is 4.83. The summed E-state index contributed by atoms with van der Waals surface area (Å²) in [5, 5.41) is 6.43. The second-order valence-corrected chi connectivity index (χ2v) is 8.24. The molecule has 25 heavy (non-hydrogen) atoms. The van der Waals surface area contributed by atoms with Crippen LogP contribution in [-0.4, -0.2) is 11.8 Å². The average molecular weight is 359 g/mol. The van der Waals surface area contributed by atoms with Crippen LogP contribution < -0.4 is 5.32 Å². The molecule has 5 aromatic rings. The first kappa shape index (κ1) is 13.5. The zero-order chi connectivity index (χ0) is 16.7. The van der Waals surface area contributed by atoms with Crippen molar-refractivity contribution in [1.29, 1.82) is 0 Å². The molecule has 0 aliphatic carbocycles. The summed E-state index contributed by atoms with van der Waals surface area (Å²) in [6, 6.07) is 16.2. The molecule has 2 amide bonds. The van der Waals surface area contributed by atoms with Gasteiger partial charge < -0.3 is 0 Å². The maximum Gasteiger partial charge on any atom is 0.259 e. The summed E-state index contributed by atoms with van der Waals surface area (Å²) in [6.45, 7) is 0. The Morgan fingerprint density at radius 3 is 1.56 bits per heavy atom. The van der Waals surface area contributed by atoms with Crippen LogP contribution in [0.25, 0.3) is 40.3 Å². The van der Waals surface area contributed by atoms with Crippen molar-refractivity contribution in [3.63, 3.8) is 0 Å². The highest BCUT2D eigenvalue weighted by molar-refractivity contribution is 7.33. The number of imide groups is 1. The number of rotatable bonds is 0. The lowest BCUT2D eigenvalue weighted by Crippen LogP contribution is -2.20. The molecular formula is C20H9NO2S2. The van der Waals surface area contributed by atoms with Crippen molar-refractivity contribution in [3.8, 4) is 0 Å². The fourth-order valence-electron chi connectivity index (χ4n) is 3.84. The molecule has 3 aromatic carbocycles. The number of carbonyl (C=O) groups excluding carboxylic acids is 2. The van der Waals surface area contributed by atoms with E-state index >= 15 is 0 Å². The van der Waals surface area contributed by atoms with E-state index in [0.29, 0.717) is 11.1 Å². The zero-order valence-electron chi connectivity index (χ0n) is 12.8. The van der Waals surface area contributed by atoms with Gasteiger partial charge in [-0.15, -0.1) is 22.7 Å². The molecule has 5 heteroatoms. The molecule has 6 rings (SSSR count). The predicted octanol–water partition coefficient (Wildman–Crippen LogP) is 5.31. The Balaban J connectivity index is 2.04. The van der Waals surface area contributed by atoms with E-state index in [1.165, 1.54) is 0 Å². The first-order valence-corrected chi connectivity index (χ1v) is 9.51. The molecule has 1 aliphatic heterocycles. The van der Waals surface area contributed by atoms with Crippen LogP contribution in [0.4, 0.5) is 0 Å². The number of thiophene rings is 2. The minimum atomic E-state index is -0.286. The predicted molar refractivity (Wildman–Crippen MR) is 104 cm³/mol. The summed E-state index contributed by atoms with van der Waals surface area (Å²) in [7, 11) is 0. The largest absolute Gasteiger partial charge is 0.288 e. The molecule has 0 bridgehead atoms. The van der Waals surface area contributed by atoms with Crippen molar-refractivity contribution < 1.29 is 9.59 Å². The summed E-state index contributed by atoms with van der Waals surface area (Å²) in [5.74, 6) is -0.573. The molecule has 0 saturated heterocycles. The van der Waals surface area contributed by atoms with Crippen LogP contribution >= 0.6 is 22.7 Å². The lowest BCUT2D eigenvalue weighted by molar-refractivity contribution is 0.0880. The Bertz CT molecular complexity index is 1300. The lowest BCUT2D eigenvalue weighted by Gasteiger charge is -2.02. The minimum absolute atomic E-state index is 0.286. The van der Waals surface area contributed by atoms with Crippen LogP contribution in [0.2, 0.25) is 0 Å². The summed E-state index contributed by atoms with van der Waals surface area (Å²) in [6.07, 6.45) is 0. The molecule has 0 spiro atoms. The van der Waals surface area contributed by atoms with Gasteiger partial charge in [0.2, 0.25) is 0 Å². The van der Waals surface area contributed by atoms with Crippen LogP contribution in [0, 0.1) is 0 Å². The van der Waals surface area contributed by atoms with Crippen LogP contribution in [0.3, 0.4) is 0 Å². The standard InChI is InChI=1S/C20H9NO2S2/c22-19-15-13-9-5-1-3-7-11(9)24-17(13)18-14(16(15)20(23)21-19)10-6-2-4-8-12(10)25-18/h1-8H,(H,21,22,23). The number of hydrogen-bond acceptors (Lipinski definition) is 4. The van der Waals surface area contributed by atoms with Gasteiger partial charge in [-0.25, -0.2) is 0 Å². The highest BCUT2D eigenvalue weighted by Gasteiger charge is 2.34. The third-order valence-corrected chi connectivity index (χ3v) is 7.33. The molecule has 0 saturated carbocycles. The number of fused-ring (bicyclic) bond motifs is 10. The van der Waals surface area contributed by atoms with Crippen LogP contribution in [0.5, 0.6) is 0 Å². The Kier molecular flexibility index (Phi) is 2.40. The Morgan fingerprint density at radius 1 is 0.640 bits per heavy atom. The number of amides is 2. The molecular weight excluding hydrogens is 350 g/mol. The number of carbonyl (C=O) groups is 2. The van der Waals surface area contributed by atoms with Gasteiger partial charge in [0.1, 0.15) is 0 Å². The highest BCUT2D eigenvalue weighted by Crippen LogP contribution is 2.48. The van der Waals surface area contributed by atoms with Gasteiger partial charge in [-0.2, -0.15) is 0 Å². The van der Waals surface area contributed by atoms with Crippen LogP contribution in [0.1, 0.15) is 20.7 Å². The van der Waals surface area contributed by atoms with E-state index in [2.05, 4.69) is 17.4 Å². The summed E-state index contributed by atoms with van der Waals surface area (Å²) >= 11 is 3.39. The fraction of sp³-hybridized carbons (Fsp3) is 0. The number of benzene rings is 3. The Labute approximate surface area is 149 Å². The number of nitrogens with one attached hydrogen (secondary N) is 1. The molecule has 118 valence electrons.